The van der Waals surface area contributed by atoms with Crippen molar-refractivity contribution in [1.82, 2.24) is 0 Å². The van der Waals surface area contributed by atoms with Crippen LogP contribution in [-0.4, -0.2) is 306 Å². The Morgan fingerprint density at radius 1 is 0.308 bits per heavy atom. The van der Waals surface area contributed by atoms with Crippen LogP contribution < -0.4 is 0 Å². The van der Waals surface area contributed by atoms with E-state index in [0.717, 1.165) is 0 Å². The first-order valence-corrected chi connectivity index (χ1v) is 21.0. The average Bonchev–Trinajstić information content (AvgIpc) is 3.78. The van der Waals surface area contributed by atoms with Gasteiger partial charge in [-0.25, -0.2) is 0 Å². The Morgan fingerprint density at radius 2 is 0.631 bits per heavy atom. The summed E-state index contributed by atoms with van der Waals surface area (Å²) in [7, 11) is 0. The molecule has 8 saturated heterocycles. The van der Waals surface area contributed by atoms with Crippen LogP contribution in [0.2, 0.25) is 0 Å². The summed E-state index contributed by atoms with van der Waals surface area (Å²) >= 11 is 0. The molecule has 4 bridgehead atoms. The summed E-state index contributed by atoms with van der Waals surface area (Å²) < 4.78 is 73.9. The SMILES string of the molecule is OC[C@H]1O[C@H](O[C@H]2[C@@H]3OC[C@H]2O[C@H](O[C@H]2[C@H](O)[C@@H](O)[C@@H](O[C@H]4[C@@H]5OC[C@H]4O[C@H](O[C@H]4[C@H](O)[C@@H](O)[C@@H](O[C@H]6[C@H](O)[C@@H](O)[C@@H](O)O[C@@H]6CO)O[C@@H]4CO)[C@@H]5O)O[C@@H]2CO)[C@@H]3O)[C@H](O)[C@@H](O)[C@@H]1O. The van der Waals surface area contributed by atoms with E-state index in [1.807, 2.05) is 0 Å². The molecule has 8 aliphatic rings. The Bertz CT molecular complexity index is 1530. The highest BCUT2D eigenvalue weighted by Crippen LogP contribution is 2.40. The molecule has 8 aliphatic heterocycles. The lowest BCUT2D eigenvalue weighted by Gasteiger charge is -2.48. The molecule has 0 unspecified atom stereocenters. The molecule has 0 saturated carbocycles. The average molecular weight is 955 g/mol. The largest absolute Gasteiger partial charge is 0.394 e. The predicted octanol–water partition coefficient (Wildman–Crippen LogP) is -12.0. The van der Waals surface area contributed by atoms with Gasteiger partial charge in [0.2, 0.25) is 0 Å². The summed E-state index contributed by atoms with van der Waals surface area (Å²) in [6.07, 6.45) is -47.5. The fraction of sp³-hybridized carbons (Fsp3) is 1.00. The van der Waals surface area contributed by atoms with Gasteiger partial charge in [-0.2, -0.15) is 0 Å². The number of hydrogen-bond acceptors (Lipinski definition) is 29. The Morgan fingerprint density at radius 3 is 1.03 bits per heavy atom. The number of hydrogen-bond donors (Lipinski definition) is 16. The number of rotatable bonds is 14. The summed E-state index contributed by atoms with van der Waals surface area (Å²) in [5.41, 5.74) is 0. The first-order valence-electron chi connectivity index (χ1n) is 21.0. The minimum Gasteiger partial charge on any atom is -0.394 e. The molecule has 30 atom stereocenters. The topological polar surface area (TPSA) is 444 Å². The monoisotopic (exact) mass is 954 g/mol. The zero-order chi connectivity index (χ0) is 46.8. The molecule has 0 aromatic heterocycles. The predicted molar refractivity (Wildman–Crippen MR) is 192 cm³/mol. The van der Waals surface area contributed by atoms with E-state index in [-0.39, 0.29) is 13.2 Å². The van der Waals surface area contributed by atoms with E-state index >= 15 is 0 Å². The third-order valence-electron chi connectivity index (χ3n) is 12.9. The van der Waals surface area contributed by atoms with E-state index in [9.17, 15) is 81.7 Å². The van der Waals surface area contributed by atoms with E-state index in [4.69, 9.17) is 61.6 Å². The molecule has 0 aromatic rings. The van der Waals surface area contributed by atoms with Gasteiger partial charge in [0, 0.05) is 0 Å². The Kier molecular flexibility index (Phi) is 16.0. The molecule has 376 valence electrons. The van der Waals surface area contributed by atoms with Crippen molar-refractivity contribution >= 4 is 0 Å². The van der Waals surface area contributed by atoms with Crippen molar-refractivity contribution in [1.29, 1.82) is 0 Å². The highest BCUT2D eigenvalue weighted by molar-refractivity contribution is 5.02. The third kappa shape index (κ3) is 9.46. The van der Waals surface area contributed by atoms with Crippen molar-refractivity contribution in [3.63, 3.8) is 0 Å². The molecule has 0 radical (unpaired) electrons. The van der Waals surface area contributed by atoms with Gasteiger partial charge in [0.25, 0.3) is 0 Å². The number of aliphatic hydroxyl groups excluding tert-OH is 16. The molecule has 8 heterocycles. The number of fused-ring (bicyclic) bond motifs is 4. The second-order valence-electron chi connectivity index (χ2n) is 17.0. The lowest BCUT2D eigenvalue weighted by molar-refractivity contribution is -0.382. The summed E-state index contributed by atoms with van der Waals surface area (Å²) in [6, 6.07) is 0. The highest BCUT2D eigenvalue weighted by atomic mass is 16.8. The smallest absolute Gasteiger partial charge is 0.187 e. The van der Waals surface area contributed by atoms with Gasteiger partial charge in [0.05, 0.1) is 39.6 Å². The van der Waals surface area contributed by atoms with E-state index in [1.165, 1.54) is 0 Å². The van der Waals surface area contributed by atoms with Crippen molar-refractivity contribution in [2.75, 3.05) is 39.6 Å². The summed E-state index contributed by atoms with van der Waals surface area (Å²) in [5.74, 6) is 0. The van der Waals surface area contributed by atoms with Crippen LogP contribution in [-0.2, 0) is 61.6 Å². The van der Waals surface area contributed by atoms with Crippen LogP contribution in [0.4, 0.5) is 0 Å². The quantitative estimate of drug-likeness (QED) is 0.0769. The van der Waals surface area contributed by atoms with Crippen molar-refractivity contribution in [3.05, 3.63) is 0 Å². The minimum absolute atomic E-state index is 0.163. The van der Waals surface area contributed by atoms with E-state index in [2.05, 4.69) is 0 Å². The van der Waals surface area contributed by atoms with Crippen molar-refractivity contribution < 1.29 is 143 Å². The Hall–Kier alpha value is -1.16. The van der Waals surface area contributed by atoms with Gasteiger partial charge in [0.1, 0.15) is 146 Å². The van der Waals surface area contributed by atoms with Gasteiger partial charge >= 0.3 is 0 Å². The second-order valence-corrected chi connectivity index (χ2v) is 17.0. The van der Waals surface area contributed by atoms with Crippen LogP contribution in [0.25, 0.3) is 0 Å². The molecule has 16 N–H and O–H groups in total. The van der Waals surface area contributed by atoms with Crippen LogP contribution in [0, 0.1) is 0 Å². The summed E-state index contributed by atoms with van der Waals surface area (Å²) in [6.45, 7) is -3.60. The van der Waals surface area contributed by atoms with Crippen molar-refractivity contribution in [2.45, 2.75) is 184 Å². The van der Waals surface area contributed by atoms with Gasteiger partial charge in [-0.1, -0.05) is 0 Å². The maximum absolute atomic E-state index is 11.3. The molecule has 29 heteroatoms. The van der Waals surface area contributed by atoms with Gasteiger partial charge in [-0.3, -0.25) is 0 Å². The number of ether oxygens (including phenoxy) is 13. The maximum atomic E-state index is 11.3. The maximum Gasteiger partial charge on any atom is 0.187 e. The fourth-order valence-corrected chi connectivity index (χ4v) is 9.26. The molecular weight excluding hydrogens is 896 g/mol. The second kappa shape index (κ2) is 20.7. The first-order chi connectivity index (χ1) is 31.0. The lowest BCUT2D eigenvalue weighted by atomic mass is 9.96. The molecule has 8 fully saturated rings. The standard InChI is InChI=1S/C36H58O29/c37-1-7-13(41)14(42)19(47)32(56-7)64-27-11-5-53-29(27)22(50)35(59-11)63-26-10(4-40)58-34(21(49)17(26)45)65-28-12-6-54-30(28)23(51)36(60-12)62-25-9(3-39)57-33(20(48)16(25)44)61-24-8(2-38)55-31(52)18(46)15(24)43/h7-52H,1-6H2/t7-,8-,9-,10-,11-,12-,13-,14+,15-,16-,17-,18-,19-,20-,21-,22-,23-,24-,25-,26-,27-,28-,29-,30-,31+,32-,33-,34-,35-,36-/m1/s1. The van der Waals surface area contributed by atoms with Crippen LogP contribution >= 0.6 is 0 Å². The summed E-state index contributed by atoms with van der Waals surface area (Å²) in [4.78, 5) is 0. The van der Waals surface area contributed by atoms with Crippen molar-refractivity contribution in [3.8, 4) is 0 Å². The Labute approximate surface area is 367 Å². The van der Waals surface area contributed by atoms with Crippen LogP contribution in [0.15, 0.2) is 0 Å². The molecule has 8 rings (SSSR count). The van der Waals surface area contributed by atoms with E-state index < -0.39 is 211 Å². The molecular formula is C36H58O29. The molecule has 65 heavy (non-hydrogen) atoms. The highest BCUT2D eigenvalue weighted by Gasteiger charge is 2.60. The normalized spacial score (nSPS) is 55.9. The van der Waals surface area contributed by atoms with E-state index in [0.29, 0.717) is 0 Å². The molecule has 29 nitrogen and oxygen atoms in total. The first kappa shape index (κ1) is 50.2. The van der Waals surface area contributed by atoms with Gasteiger partial charge in [0.15, 0.2) is 37.7 Å². The molecule has 0 amide bonds. The minimum atomic E-state index is -1.97. The van der Waals surface area contributed by atoms with Crippen molar-refractivity contribution in [2.24, 2.45) is 0 Å². The Balaban J connectivity index is 0.858. The molecule has 0 spiro atoms. The van der Waals surface area contributed by atoms with Gasteiger partial charge in [-0.15, -0.1) is 0 Å². The summed E-state index contributed by atoms with van der Waals surface area (Å²) in [5, 5.41) is 168. The third-order valence-corrected chi connectivity index (χ3v) is 12.9. The van der Waals surface area contributed by atoms with Crippen LogP contribution in [0.1, 0.15) is 0 Å². The fourth-order valence-electron chi connectivity index (χ4n) is 9.26. The van der Waals surface area contributed by atoms with Gasteiger partial charge in [-0.05, 0) is 0 Å². The zero-order valence-electron chi connectivity index (χ0n) is 34.0. The lowest BCUT2D eigenvalue weighted by Crippen LogP contribution is -2.66. The molecule has 0 aromatic carbocycles. The zero-order valence-corrected chi connectivity index (χ0v) is 34.0. The van der Waals surface area contributed by atoms with Gasteiger partial charge < -0.3 is 143 Å². The van der Waals surface area contributed by atoms with Crippen LogP contribution in [0.5, 0.6) is 0 Å². The molecule has 0 aliphatic carbocycles. The number of aliphatic hydroxyl groups is 16. The van der Waals surface area contributed by atoms with Crippen LogP contribution in [0.3, 0.4) is 0 Å². The van der Waals surface area contributed by atoms with E-state index in [1.54, 1.807) is 0 Å².